The van der Waals surface area contributed by atoms with Crippen molar-refractivity contribution in [3.05, 3.63) is 37.7 Å². The highest BCUT2D eigenvalue weighted by Crippen LogP contribution is 2.06. The maximum absolute atomic E-state index is 12.4. The summed E-state index contributed by atoms with van der Waals surface area (Å²) in [6, 6.07) is 0. The fraction of sp³-hybridized carbons (Fsp3) is 0.400. The Morgan fingerprint density at radius 3 is 2.69 bits per heavy atom. The maximum atomic E-state index is 12.4. The normalized spacial score (nSPS) is 11.9. The van der Waals surface area contributed by atoms with Gasteiger partial charge in [-0.2, -0.15) is 0 Å². The van der Waals surface area contributed by atoms with Crippen molar-refractivity contribution in [1.82, 2.24) is 9.55 Å². The quantitative estimate of drug-likeness (QED) is 0.747. The van der Waals surface area contributed by atoms with Crippen molar-refractivity contribution in [3.8, 4) is 0 Å². The van der Waals surface area contributed by atoms with E-state index in [-0.39, 0.29) is 5.57 Å². The van der Waals surface area contributed by atoms with Crippen LogP contribution in [-0.2, 0) is 7.05 Å². The lowest BCUT2D eigenvalue weighted by Crippen LogP contribution is -2.31. The Kier molecular flexibility index (Phi) is 3.78. The summed E-state index contributed by atoms with van der Waals surface area (Å²) in [5.41, 5.74) is -0.357. The van der Waals surface area contributed by atoms with Crippen molar-refractivity contribution in [2.45, 2.75) is 6.92 Å². The molecule has 0 spiro atoms. The first-order chi connectivity index (χ1) is 7.51. The molecule has 0 radical (unpaired) electrons. The molecular formula is C10H13FN2O3. The lowest BCUT2D eigenvalue weighted by molar-refractivity contribution is 0.319. The average molecular weight is 228 g/mol. The Labute approximate surface area is 90.9 Å². The topological polar surface area (TPSA) is 75.1 Å². The Morgan fingerprint density at radius 2 is 2.19 bits per heavy atom. The molecule has 0 bridgehead atoms. The molecule has 0 aliphatic carbocycles. The highest BCUT2D eigenvalue weighted by Gasteiger charge is 2.07. The highest BCUT2D eigenvalue weighted by atomic mass is 19.1. The van der Waals surface area contributed by atoms with Crippen molar-refractivity contribution in [2.24, 2.45) is 7.05 Å². The first kappa shape index (κ1) is 12.4. The van der Waals surface area contributed by atoms with E-state index in [0.29, 0.717) is 11.3 Å². The first-order valence-corrected chi connectivity index (χ1v) is 4.67. The summed E-state index contributed by atoms with van der Waals surface area (Å²) in [7, 11) is 1.46. The lowest BCUT2D eigenvalue weighted by Gasteiger charge is -2.07. The summed E-state index contributed by atoms with van der Waals surface area (Å²) >= 11 is 0. The zero-order valence-corrected chi connectivity index (χ0v) is 9.08. The molecule has 1 rings (SSSR count). The number of hydrogen-bond acceptors (Lipinski definition) is 3. The molecule has 0 aromatic carbocycles. The molecule has 0 saturated heterocycles. The van der Waals surface area contributed by atoms with Crippen molar-refractivity contribution < 1.29 is 9.50 Å². The molecule has 16 heavy (non-hydrogen) atoms. The van der Waals surface area contributed by atoms with Crippen LogP contribution >= 0.6 is 0 Å². The molecule has 6 heteroatoms. The van der Waals surface area contributed by atoms with E-state index >= 15 is 0 Å². The van der Waals surface area contributed by atoms with Gasteiger partial charge in [0, 0.05) is 12.6 Å². The van der Waals surface area contributed by atoms with Gasteiger partial charge in [-0.3, -0.25) is 14.3 Å². The third-order valence-electron chi connectivity index (χ3n) is 2.33. The van der Waals surface area contributed by atoms with Crippen molar-refractivity contribution in [3.63, 3.8) is 0 Å². The number of hydrogen-bond donors (Lipinski definition) is 2. The molecule has 2 N–H and O–H groups in total. The van der Waals surface area contributed by atoms with E-state index in [0.717, 1.165) is 0 Å². The van der Waals surface area contributed by atoms with Gasteiger partial charge in [-0.1, -0.05) is 0 Å². The summed E-state index contributed by atoms with van der Waals surface area (Å²) in [5, 5.41) is 8.83. The van der Waals surface area contributed by atoms with Gasteiger partial charge in [-0.25, -0.2) is 9.18 Å². The Morgan fingerprint density at radius 1 is 1.56 bits per heavy atom. The number of aromatic nitrogens is 2. The van der Waals surface area contributed by atoms with Gasteiger partial charge in [0.25, 0.3) is 5.56 Å². The number of H-pyrrole nitrogens is 1. The zero-order chi connectivity index (χ0) is 12.3. The molecule has 0 aliphatic heterocycles. The van der Waals surface area contributed by atoms with Crippen LogP contribution in [0, 0.1) is 6.92 Å². The van der Waals surface area contributed by atoms with Gasteiger partial charge < -0.3 is 5.11 Å². The summed E-state index contributed by atoms with van der Waals surface area (Å²) in [6.45, 7) is 0.255. The van der Waals surface area contributed by atoms with E-state index in [9.17, 15) is 14.0 Å². The molecule has 88 valence electrons. The minimum absolute atomic E-state index is 0.115. The SMILES string of the molecule is Cc1c(/C=C(\CO)CF)n(C)c(=O)[nH]c1=O. The Hall–Kier alpha value is -1.69. The molecule has 0 atom stereocenters. The molecule has 0 saturated carbocycles. The summed E-state index contributed by atoms with van der Waals surface area (Å²) in [4.78, 5) is 24.7. The monoisotopic (exact) mass is 228 g/mol. The Balaban J connectivity index is 3.50. The second kappa shape index (κ2) is 4.89. The van der Waals surface area contributed by atoms with Crippen LogP contribution in [0.1, 0.15) is 11.3 Å². The minimum Gasteiger partial charge on any atom is -0.392 e. The largest absolute Gasteiger partial charge is 0.392 e. The molecular weight excluding hydrogens is 215 g/mol. The molecule has 1 heterocycles. The van der Waals surface area contributed by atoms with Crippen LogP contribution in [0.5, 0.6) is 0 Å². The summed E-state index contributed by atoms with van der Waals surface area (Å²) in [5.74, 6) is 0. The van der Waals surface area contributed by atoms with Crippen LogP contribution in [0.2, 0.25) is 0 Å². The number of aliphatic hydroxyl groups is 1. The smallest absolute Gasteiger partial charge is 0.328 e. The van der Waals surface area contributed by atoms with Gasteiger partial charge in [-0.15, -0.1) is 0 Å². The second-order valence-electron chi connectivity index (χ2n) is 3.42. The summed E-state index contributed by atoms with van der Waals surface area (Å²) < 4.78 is 13.6. The van der Waals surface area contributed by atoms with Crippen molar-refractivity contribution in [1.29, 1.82) is 0 Å². The molecule has 1 aromatic rings. The minimum atomic E-state index is -0.822. The molecule has 5 nitrogen and oxygen atoms in total. The predicted molar refractivity (Wildman–Crippen MR) is 58.1 cm³/mol. The van der Waals surface area contributed by atoms with Gasteiger partial charge in [0.15, 0.2) is 0 Å². The molecule has 0 amide bonds. The number of nitrogens with zero attached hydrogens (tertiary/aromatic N) is 1. The fourth-order valence-electron chi connectivity index (χ4n) is 1.28. The fourth-order valence-corrected chi connectivity index (χ4v) is 1.28. The van der Waals surface area contributed by atoms with Crippen LogP contribution < -0.4 is 11.2 Å². The van der Waals surface area contributed by atoms with E-state index in [4.69, 9.17) is 5.11 Å². The van der Waals surface area contributed by atoms with Crippen molar-refractivity contribution in [2.75, 3.05) is 13.3 Å². The number of aliphatic hydroxyl groups excluding tert-OH is 1. The first-order valence-electron chi connectivity index (χ1n) is 4.67. The standard InChI is InChI=1S/C10H13FN2O3/c1-6-8(3-7(4-11)5-14)13(2)10(16)12-9(6)15/h3,14H,4-5H2,1-2H3,(H,12,15,16)/b7-3-. The van der Waals surface area contributed by atoms with E-state index in [1.807, 2.05) is 0 Å². The predicted octanol–water partition coefficient (Wildman–Crippen LogP) is -0.273. The number of rotatable bonds is 3. The Bertz CT molecular complexity index is 488. The van der Waals surface area contributed by atoms with E-state index in [2.05, 4.69) is 4.98 Å². The summed E-state index contributed by atoms with van der Waals surface area (Å²) in [6.07, 6.45) is 1.31. The second-order valence-corrected chi connectivity index (χ2v) is 3.42. The van der Waals surface area contributed by atoms with Gasteiger partial charge >= 0.3 is 5.69 Å². The third-order valence-corrected chi connectivity index (χ3v) is 2.33. The van der Waals surface area contributed by atoms with Crippen LogP contribution in [0.4, 0.5) is 4.39 Å². The molecule has 1 aromatic heterocycles. The van der Waals surface area contributed by atoms with Crippen LogP contribution in [0.15, 0.2) is 15.2 Å². The van der Waals surface area contributed by atoms with Gasteiger partial charge in [0.2, 0.25) is 0 Å². The van der Waals surface area contributed by atoms with E-state index in [1.54, 1.807) is 0 Å². The van der Waals surface area contributed by atoms with Crippen molar-refractivity contribution >= 4 is 6.08 Å². The highest BCUT2D eigenvalue weighted by molar-refractivity contribution is 5.52. The maximum Gasteiger partial charge on any atom is 0.328 e. The number of aromatic amines is 1. The van der Waals surface area contributed by atoms with Crippen LogP contribution in [0.3, 0.4) is 0 Å². The van der Waals surface area contributed by atoms with Gasteiger partial charge in [0.05, 0.1) is 12.3 Å². The lowest BCUT2D eigenvalue weighted by atomic mass is 10.1. The van der Waals surface area contributed by atoms with E-state index < -0.39 is 24.5 Å². The third kappa shape index (κ3) is 2.27. The van der Waals surface area contributed by atoms with Crippen LogP contribution in [-0.4, -0.2) is 27.9 Å². The number of alkyl halides is 1. The van der Waals surface area contributed by atoms with Crippen LogP contribution in [0.25, 0.3) is 6.08 Å². The molecule has 0 fully saturated rings. The zero-order valence-electron chi connectivity index (χ0n) is 9.08. The number of halogens is 1. The van der Waals surface area contributed by atoms with Gasteiger partial charge in [0.1, 0.15) is 6.67 Å². The number of nitrogens with one attached hydrogen (secondary N) is 1. The molecule has 0 unspecified atom stereocenters. The molecule has 0 aliphatic rings. The average Bonchev–Trinajstić information content (AvgIpc) is 2.27. The van der Waals surface area contributed by atoms with Gasteiger partial charge in [-0.05, 0) is 18.6 Å². The van der Waals surface area contributed by atoms with E-state index in [1.165, 1.54) is 24.6 Å².